The molecule has 28 heavy (non-hydrogen) atoms. The predicted octanol–water partition coefficient (Wildman–Crippen LogP) is 4.86. The first-order chi connectivity index (χ1) is 13.6. The minimum atomic E-state index is -0.0786. The lowest BCUT2D eigenvalue weighted by Gasteiger charge is -2.27. The largest absolute Gasteiger partial charge is 0.497 e. The number of fused-ring (bicyclic) bond motifs is 1. The van der Waals surface area contributed by atoms with E-state index in [1.165, 1.54) is 5.56 Å². The number of methoxy groups -OCH3 is 1. The summed E-state index contributed by atoms with van der Waals surface area (Å²) in [7, 11) is 1.69. The smallest absolute Gasteiger partial charge is 0.156 e. The zero-order valence-corrected chi connectivity index (χ0v) is 17.1. The number of rotatable bonds is 6. The van der Waals surface area contributed by atoms with Crippen molar-refractivity contribution in [3.8, 4) is 5.75 Å². The van der Waals surface area contributed by atoms with E-state index in [1.807, 2.05) is 6.07 Å². The maximum absolute atomic E-state index is 5.51. The van der Waals surface area contributed by atoms with Gasteiger partial charge in [-0.3, -0.25) is 4.99 Å². The van der Waals surface area contributed by atoms with Gasteiger partial charge >= 0.3 is 0 Å². The van der Waals surface area contributed by atoms with Crippen LogP contribution in [0.2, 0.25) is 0 Å². The molecule has 0 bridgehead atoms. The number of hydrogen-bond donors (Lipinski definition) is 0. The molecule has 1 unspecified atom stereocenters. The number of likely N-dealkylation sites (N-methyl/N-ethyl adjacent to an activating group) is 1. The Hall–Kier alpha value is -2.95. The third-order valence-electron chi connectivity index (χ3n) is 4.99. The van der Waals surface area contributed by atoms with Crippen LogP contribution in [0.3, 0.4) is 0 Å². The monoisotopic (exact) mass is 376 g/mol. The second-order valence-electron chi connectivity index (χ2n) is 6.88. The van der Waals surface area contributed by atoms with Crippen molar-refractivity contribution in [1.82, 2.24) is 0 Å². The first kappa shape index (κ1) is 19.8. The van der Waals surface area contributed by atoms with Crippen molar-refractivity contribution in [2.75, 3.05) is 18.6 Å². The Bertz CT molecular complexity index is 899. The topological polar surface area (TPSA) is 49.6 Å². The summed E-state index contributed by atoms with van der Waals surface area (Å²) in [6, 6.07) is 14.5. The summed E-state index contributed by atoms with van der Waals surface area (Å²) in [5.74, 6) is 1.65. The van der Waals surface area contributed by atoms with Gasteiger partial charge in [0.2, 0.25) is 0 Å². The number of benzodiazepines with no additional fused rings is 1. The molecule has 0 spiro atoms. The highest BCUT2D eigenvalue weighted by Gasteiger charge is 2.29. The van der Waals surface area contributed by atoms with E-state index in [0.717, 1.165) is 53.5 Å². The average molecular weight is 377 g/mol. The Morgan fingerprint density at radius 2 is 1.89 bits per heavy atom. The van der Waals surface area contributed by atoms with Gasteiger partial charge in [0.15, 0.2) is 5.84 Å². The molecule has 0 radical (unpaired) electrons. The fourth-order valence-corrected chi connectivity index (χ4v) is 3.59. The molecule has 0 saturated heterocycles. The molecular weight excluding hydrogens is 348 g/mol. The molecule has 1 aliphatic heterocycles. The third kappa shape index (κ3) is 3.84. The highest BCUT2D eigenvalue weighted by Crippen LogP contribution is 2.33. The van der Waals surface area contributed by atoms with Crippen LogP contribution in [0.15, 0.2) is 57.7 Å². The van der Waals surface area contributed by atoms with E-state index in [-0.39, 0.29) is 6.04 Å². The Labute approximate surface area is 167 Å². The van der Waals surface area contributed by atoms with E-state index in [4.69, 9.17) is 9.73 Å². The van der Waals surface area contributed by atoms with Crippen LogP contribution in [0.4, 0.5) is 5.69 Å². The van der Waals surface area contributed by atoms with E-state index in [1.54, 1.807) is 7.11 Å². The number of nitrogens with zero attached hydrogens (tertiary/aromatic N) is 4. The first-order valence-electron chi connectivity index (χ1n) is 9.77. The standard InChI is InChI=1S/C23H28N4O/c1-6-8-20-23(26-24-4)27(7-2)21-14-13-18(28-5)15-19(21)22(25-20)17-11-9-16(3)10-12-17/h9-15,20H,4,6-8H2,1-3,5H3/b26-23-. The second kappa shape index (κ2) is 8.83. The van der Waals surface area contributed by atoms with Gasteiger partial charge in [-0.25, -0.2) is 0 Å². The first-order valence-corrected chi connectivity index (χ1v) is 9.77. The summed E-state index contributed by atoms with van der Waals surface area (Å²) in [5, 5.41) is 8.25. The number of aryl methyl sites for hydroxylation is 1. The fraction of sp³-hybridized carbons (Fsp3) is 0.348. The summed E-state index contributed by atoms with van der Waals surface area (Å²) in [5.41, 5.74) is 5.37. The molecule has 1 heterocycles. The zero-order chi connectivity index (χ0) is 20.1. The summed E-state index contributed by atoms with van der Waals surface area (Å²) >= 11 is 0. The van der Waals surface area contributed by atoms with E-state index in [2.05, 4.69) is 79.0 Å². The lowest BCUT2D eigenvalue weighted by Crippen LogP contribution is -2.38. The van der Waals surface area contributed by atoms with Crippen molar-refractivity contribution in [3.63, 3.8) is 0 Å². The molecule has 146 valence electrons. The van der Waals surface area contributed by atoms with Gasteiger partial charge in [0, 0.05) is 24.4 Å². The number of hydrogen-bond acceptors (Lipinski definition) is 4. The van der Waals surface area contributed by atoms with Crippen LogP contribution in [0.5, 0.6) is 5.75 Å². The lowest BCUT2D eigenvalue weighted by molar-refractivity contribution is 0.415. The number of anilines is 1. The summed E-state index contributed by atoms with van der Waals surface area (Å²) in [6.45, 7) is 10.7. The van der Waals surface area contributed by atoms with Gasteiger partial charge < -0.3 is 9.64 Å². The van der Waals surface area contributed by atoms with E-state index in [0.29, 0.717) is 0 Å². The maximum Gasteiger partial charge on any atom is 0.156 e. The van der Waals surface area contributed by atoms with Crippen LogP contribution < -0.4 is 9.64 Å². The molecule has 2 aromatic carbocycles. The molecule has 0 aromatic heterocycles. The van der Waals surface area contributed by atoms with Gasteiger partial charge in [-0.2, -0.15) is 5.10 Å². The van der Waals surface area contributed by atoms with Gasteiger partial charge in [0.25, 0.3) is 0 Å². The molecule has 0 saturated carbocycles. The van der Waals surface area contributed by atoms with E-state index >= 15 is 0 Å². The van der Waals surface area contributed by atoms with Crippen molar-refractivity contribution < 1.29 is 4.74 Å². The van der Waals surface area contributed by atoms with Crippen molar-refractivity contribution in [3.05, 3.63) is 59.2 Å². The van der Waals surface area contributed by atoms with Gasteiger partial charge in [-0.15, -0.1) is 5.10 Å². The maximum atomic E-state index is 5.51. The number of benzene rings is 2. The molecule has 1 aliphatic rings. The van der Waals surface area contributed by atoms with Gasteiger partial charge in [-0.1, -0.05) is 43.2 Å². The molecule has 1 atom stereocenters. The summed E-state index contributed by atoms with van der Waals surface area (Å²) in [6.07, 6.45) is 1.90. The molecule has 0 N–H and O–H groups in total. The fourth-order valence-electron chi connectivity index (χ4n) is 3.59. The Morgan fingerprint density at radius 1 is 1.14 bits per heavy atom. The predicted molar refractivity (Wildman–Crippen MR) is 119 cm³/mol. The van der Waals surface area contributed by atoms with Crippen LogP contribution in [-0.4, -0.2) is 38.0 Å². The van der Waals surface area contributed by atoms with Crippen molar-refractivity contribution in [2.45, 2.75) is 39.7 Å². The SMILES string of the molecule is C=N/N=C1/C(CCC)N=C(c2ccc(C)cc2)c2cc(OC)ccc2N1CC. The van der Waals surface area contributed by atoms with E-state index in [9.17, 15) is 0 Å². The number of aliphatic imine (C=N–C) groups is 1. The Kier molecular flexibility index (Phi) is 6.24. The van der Waals surface area contributed by atoms with Gasteiger partial charge in [-0.05, 0) is 38.5 Å². The molecule has 5 nitrogen and oxygen atoms in total. The lowest BCUT2D eigenvalue weighted by atomic mass is 9.99. The minimum Gasteiger partial charge on any atom is -0.497 e. The van der Waals surface area contributed by atoms with Crippen LogP contribution in [0.25, 0.3) is 0 Å². The quantitative estimate of drug-likeness (QED) is 0.534. The minimum absolute atomic E-state index is 0.0786. The molecular formula is C23H28N4O. The van der Waals surface area contributed by atoms with E-state index < -0.39 is 0 Å². The Balaban J connectivity index is 2.30. The summed E-state index contributed by atoms with van der Waals surface area (Å²) in [4.78, 5) is 7.37. The normalized spacial score (nSPS) is 17.7. The zero-order valence-electron chi connectivity index (χ0n) is 17.1. The van der Waals surface area contributed by atoms with Crippen molar-refractivity contribution in [2.24, 2.45) is 15.2 Å². The van der Waals surface area contributed by atoms with Crippen LogP contribution >= 0.6 is 0 Å². The van der Waals surface area contributed by atoms with Gasteiger partial charge in [0.05, 0.1) is 18.5 Å². The van der Waals surface area contributed by atoms with Crippen molar-refractivity contribution >= 4 is 24.0 Å². The van der Waals surface area contributed by atoms with Crippen LogP contribution in [0, 0.1) is 6.92 Å². The van der Waals surface area contributed by atoms with Gasteiger partial charge in [0.1, 0.15) is 11.8 Å². The van der Waals surface area contributed by atoms with Crippen LogP contribution in [0.1, 0.15) is 43.4 Å². The molecule has 2 aromatic rings. The van der Waals surface area contributed by atoms with Crippen LogP contribution in [-0.2, 0) is 0 Å². The number of ether oxygens (including phenoxy) is 1. The number of amidine groups is 1. The molecule has 5 heteroatoms. The molecule has 0 fully saturated rings. The Morgan fingerprint density at radius 3 is 2.50 bits per heavy atom. The third-order valence-corrected chi connectivity index (χ3v) is 4.99. The van der Waals surface area contributed by atoms with Crippen molar-refractivity contribution in [1.29, 1.82) is 0 Å². The summed E-state index contributed by atoms with van der Waals surface area (Å²) < 4.78 is 5.51. The highest BCUT2D eigenvalue weighted by atomic mass is 16.5. The molecule has 3 rings (SSSR count). The highest BCUT2D eigenvalue weighted by molar-refractivity contribution is 6.21. The molecule has 0 amide bonds. The second-order valence-corrected chi connectivity index (χ2v) is 6.88. The molecule has 0 aliphatic carbocycles. The average Bonchev–Trinajstić information content (AvgIpc) is 2.84.